The zero-order valence-electron chi connectivity index (χ0n) is 22.4. The van der Waals surface area contributed by atoms with Crippen molar-refractivity contribution in [3.05, 3.63) is 108 Å². The molecule has 2 amide bonds. The lowest BCUT2D eigenvalue weighted by atomic mass is 9.98. The highest BCUT2D eigenvalue weighted by atomic mass is 16.5. The van der Waals surface area contributed by atoms with Crippen LogP contribution < -0.4 is 10.6 Å². The molecular weight excluding hydrogens is 508 g/mol. The van der Waals surface area contributed by atoms with Gasteiger partial charge in [-0.15, -0.1) is 6.58 Å². The topological polar surface area (TPSA) is 114 Å². The van der Waals surface area contributed by atoms with Crippen molar-refractivity contribution in [3.8, 4) is 11.1 Å². The quantitative estimate of drug-likeness (QED) is 0.261. The van der Waals surface area contributed by atoms with Crippen molar-refractivity contribution in [2.75, 3.05) is 6.61 Å². The number of rotatable bonds is 13. The monoisotopic (exact) mass is 542 g/mol. The molecule has 208 valence electrons. The fourth-order valence-corrected chi connectivity index (χ4v) is 4.87. The second-order valence-electron chi connectivity index (χ2n) is 9.71. The average molecular weight is 543 g/mol. The van der Waals surface area contributed by atoms with Gasteiger partial charge < -0.3 is 25.2 Å². The summed E-state index contributed by atoms with van der Waals surface area (Å²) in [5, 5.41) is 14.9. The lowest BCUT2D eigenvalue weighted by Crippen LogP contribution is -2.55. The number of fused-ring (bicyclic) bond motifs is 3. The third-order valence-electron chi connectivity index (χ3n) is 7.00. The van der Waals surface area contributed by atoms with Gasteiger partial charge in [0.1, 0.15) is 12.6 Å². The van der Waals surface area contributed by atoms with Crippen LogP contribution in [0.4, 0.5) is 4.79 Å². The molecule has 0 bridgehead atoms. The summed E-state index contributed by atoms with van der Waals surface area (Å²) >= 11 is 0. The van der Waals surface area contributed by atoms with Crippen molar-refractivity contribution in [1.82, 2.24) is 10.6 Å². The van der Waals surface area contributed by atoms with Gasteiger partial charge in [-0.3, -0.25) is 4.79 Å². The molecule has 8 nitrogen and oxygen atoms in total. The molecule has 3 N–H and O–H groups in total. The minimum Gasteiger partial charge on any atom is -0.480 e. The molecule has 3 atom stereocenters. The number of carboxylic acids is 1. The summed E-state index contributed by atoms with van der Waals surface area (Å²) in [4.78, 5) is 37.9. The summed E-state index contributed by atoms with van der Waals surface area (Å²) in [6.07, 6.45) is 0.701. The fraction of sp³-hybridized carbons (Fsp3) is 0.281. The number of benzene rings is 3. The van der Waals surface area contributed by atoms with Gasteiger partial charge in [-0.05, 0) is 47.6 Å². The van der Waals surface area contributed by atoms with Gasteiger partial charge >= 0.3 is 12.1 Å². The van der Waals surface area contributed by atoms with Gasteiger partial charge in [0.25, 0.3) is 0 Å². The number of hydrogen-bond donors (Lipinski definition) is 3. The van der Waals surface area contributed by atoms with E-state index in [1.54, 1.807) is 13.0 Å². The molecule has 4 rings (SSSR count). The number of amides is 2. The fourth-order valence-electron chi connectivity index (χ4n) is 4.87. The molecule has 0 fully saturated rings. The third-order valence-corrected chi connectivity index (χ3v) is 7.00. The van der Waals surface area contributed by atoms with Crippen molar-refractivity contribution in [3.63, 3.8) is 0 Å². The smallest absolute Gasteiger partial charge is 0.407 e. The van der Waals surface area contributed by atoms with Crippen LogP contribution in [-0.2, 0) is 25.7 Å². The Morgan fingerprint density at radius 3 is 2.12 bits per heavy atom. The summed E-state index contributed by atoms with van der Waals surface area (Å²) in [7, 11) is 0. The van der Waals surface area contributed by atoms with Crippen LogP contribution in [-0.4, -0.2) is 47.9 Å². The van der Waals surface area contributed by atoms with E-state index < -0.39 is 36.2 Å². The van der Waals surface area contributed by atoms with E-state index in [2.05, 4.69) is 17.2 Å². The minimum atomic E-state index is -1.31. The normalized spacial score (nSPS) is 14.2. The number of hydrogen-bond acceptors (Lipinski definition) is 5. The predicted molar refractivity (Wildman–Crippen MR) is 152 cm³/mol. The molecular formula is C32H34N2O6. The van der Waals surface area contributed by atoms with Gasteiger partial charge in [0.15, 0.2) is 6.04 Å². The van der Waals surface area contributed by atoms with E-state index in [0.717, 1.165) is 27.8 Å². The molecule has 3 aromatic rings. The second kappa shape index (κ2) is 13.6. The highest BCUT2D eigenvalue weighted by Crippen LogP contribution is 2.44. The lowest BCUT2D eigenvalue weighted by Gasteiger charge is -2.25. The molecule has 0 heterocycles. The first-order valence-electron chi connectivity index (χ1n) is 13.3. The Morgan fingerprint density at radius 1 is 0.925 bits per heavy atom. The van der Waals surface area contributed by atoms with Gasteiger partial charge in [-0.1, -0.05) is 84.9 Å². The Labute approximate surface area is 234 Å². The van der Waals surface area contributed by atoms with Gasteiger partial charge in [0.2, 0.25) is 5.91 Å². The number of carbonyl (C=O) groups is 3. The number of allylic oxidation sites excluding steroid dienone is 1. The van der Waals surface area contributed by atoms with Crippen LogP contribution in [0.15, 0.2) is 91.5 Å². The molecule has 1 aliphatic carbocycles. The first kappa shape index (κ1) is 28.6. The third kappa shape index (κ3) is 6.95. The average Bonchev–Trinajstić information content (AvgIpc) is 3.29. The Bertz CT molecular complexity index is 1300. The zero-order chi connectivity index (χ0) is 28.5. The molecule has 1 aliphatic rings. The maximum atomic E-state index is 13.1. The molecule has 0 saturated carbocycles. The van der Waals surface area contributed by atoms with Crippen LogP contribution in [0.25, 0.3) is 11.1 Å². The Morgan fingerprint density at radius 2 is 1.52 bits per heavy atom. The van der Waals surface area contributed by atoms with Crippen LogP contribution in [0.2, 0.25) is 0 Å². The number of aliphatic carboxylic acids is 1. The van der Waals surface area contributed by atoms with E-state index in [0.29, 0.717) is 6.42 Å². The molecule has 3 aromatic carbocycles. The molecule has 3 unspecified atom stereocenters. The van der Waals surface area contributed by atoms with Crippen LogP contribution in [0.5, 0.6) is 0 Å². The summed E-state index contributed by atoms with van der Waals surface area (Å²) in [6.45, 7) is 5.56. The minimum absolute atomic E-state index is 0.0950. The summed E-state index contributed by atoms with van der Waals surface area (Å²) < 4.78 is 11.3. The van der Waals surface area contributed by atoms with E-state index in [1.165, 1.54) is 0 Å². The van der Waals surface area contributed by atoms with Gasteiger partial charge in [0, 0.05) is 5.92 Å². The number of carboxylic acid groups (broad SMARTS) is 1. The molecule has 0 radical (unpaired) electrons. The molecule has 0 aliphatic heterocycles. The standard InChI is InChI=1S/C32H34N2O6/c1-3-4-18-28(30(35)34-29(31(36)37)21(2)39-19-22-12-6-5-7-13-22)33-32(38)40-20-27-25-16-10-8-14-23(25)24-15-9-11-17-26(24)27/h3,5-17,21,27-29H,1,4,18-20H2,2H3,(H,33,38)(H,34,35)(H,36,37). The van der Waals surface area contributed by atoms with Crippen LogP contribution >= 0.6 is 0 Å². The maximum absolute atomic E-state index is 13.1. The highest BCUT2D eigenvalue weighted by molar-refractivity contribution is 5.89. The van der Waals surface area contributed by atoms with E-state index in [-0.39, 0.29) is 25.6 Å². The Hall–Kier alpha value is -4.43. The van der Waals surface area contributed by atoms with E-state index in [9.17, 15) is 19.5 Å². The van der Waals surface area contributed by atoms with Gasteiger partial charge in [-0.2, -0.15) is 0 Å². The number of carbonyl (C=O) groups excluding carboxylic acids is 2. The van der Waals surface area contributed by atoms with E-state index >= 15 is 0 Å². The summed E-state index contributed by atoms with van der Waals surface area (Å²) in [6, 6.07) is 23.0. The zero-order valence-corrected chi connectivity index (χ0v) is 22.4. The predicted octanol–water partition coefficient (Wildman–Crippen LogP) is 5.03. The van der Waals surface area contributed by atoms with Crippen LogP contribution in [0.3, 0.4) is 0 Å². The number of alkyl carbamates (subject to hydrolysis) is 1. The largest absolute Gasteiger partial charge is 0.480 e. The summed E-state index contributed by atoms with van der Waals surface area (Å²) in [5.74, 6) is -2.01. The van der Waals surface area contributed by atoms with Gasteiger partial charge in [0.05, 0.1) is 12.7 Å². The molecule has 8 heteroatoms. The number of nitrogens with one attached hydrogen (secondary N) is 2. The van der Waals surface area contributed by atoms with E-state index in [1.807, 2.05) is 78.9 Å². The SMILES string of the molecule is C=CCCC(NC(=O)OCC1c2ccccc2-c2ccccc21)C(=O)NC(C(=O)O)C(C)OCc1ccccc1. The lowest BCUT2D eigenvalue weighted by molar-refractivity contribution is -0.146. The highest BCUT2D eigenvalue weighted by Gasteiger charge is 2.32. The molecule has 0 saturated heterocycles. The van der Waals surface area contributed by atoms with Crippen molar-refractivity contribution in [2.24, 2.45) is 0 Å². The Balaban J connectivity index is 1.37. The van der Waals surface area contributed by atoms with E-state index in [4.69, 9.17) is 9.47 Å². The van der Waals surface area contributed by atoms with Crippen molar-refractivity contribution in [1.29, 1.82) is 0 Å². The summed E-state index contributed by atoms with van der Waals surface area (Å²) in [5.41, 5.74) is 5.25. The molecule has 0 aromatic heterocycles. The number of ether oxygens (including phenoxy) is 2. The van der Waals surface area contributed by atoms with Crippen molar-refractivity contribution < 1.29 is 29.0 Å². The maximum Gasteiger partial charge on any atom is 0.407 e. The molecule has 0 spiro atoms. The van der Waals surface area contributed by atoms with Crippen molar-refractivity contribution >= 4 is 18.0 Å². The van der Waals surface area contributed by atoms with Gasteiger partial charge in [-0.25, -0.2) is 9.59 Å². The Kier molecular flexibility index (Phi) is 9.70. The first-order valence-corrected chi connectivity index (χ1v) is 13.3. The molecule has 40 heavy (non-hydrogen) atoms. The van der Waals surface area contributed by atoms with Crippen LogP contribution in [0, 0.1) is 0 Å². The van der Waals surface area contributed by atoms with Crippen molar-refractivity contribution in [2.45, 2.75) is 50.5 Å². The van der Waals surface area contributed by atoms with Crippen LogP contribution in [0.1, 0.15) is 42.4 Å². The second-order valence-corrected chi connectivity index (χ2v) is 9.71. The first-order chi connectivity index (χ1) is 19.4.